The summed E-state index contributed by atoms with van der Waals surface area (Å²) in [6.07, 6.45) is 5.21. The molecule has 0 radical (unpaired) electrons. The Bertz CT molecular complexity index is 871. The van der Waals surface area contributed by atoms with Crippen LogP contribution in [0.4, 0.5) is 4.39 Å². The monoisotopic (exact) mass is 379 g/mol. The van der Waals surface area contributed by atoms with E-state index in [9.17, 15) is 14.0 Å². The van der Waals surface area contributed by atoms with Crippen molar-refractivity contribution in [3.63, 3.8) is 0 Å². The maximum atomic E-state index is 13.4. The molecule has 2 fully saturated rings. The van der Waals surface area contributed by atoms with Crippen LogP contribution in [0, 0.1) is 17.7 Å². The fraction of sp³-hybridized carbons (Fsp3) is 0.474. The highest BCUT2D eigenvalue weighted by Gasteiger charge is 2.40. The molecule has 2 aromatic rings. The number of benzene rings is 1. The zero-order valence-corrected chi connectivity index (χ0v) is 15.2. The largest absolute Gasteiger partial charge is 0.349 e. The first-order valence-corrected chi connectivity index (χ1v) is 8.90. The third-order valence-electron chi connectivity index (χ3n) is 5.72. The van der Waals surface area contributed by atoms with Gasteiger partial charge in [-0.1, -0.05) is 6.42 Å². The molecule has 0 saturated heterocycles. The van der Waals surface area contributed by atoms with E-state index in [1.807, 2.05) is 0 Å². The number of rotatable bonds is 2. The summed E-state index contributed by atoms with van der Waals surface area (Å²) in [7, 11) is 0. The van der Waals surface area contributed by atoms with Gasteiger partial charge in [0.05, 0.1) is 11.1 Å². The van der Waals surface area contributed by atoms with Gasteiger partial charge in [-0.25, -0.2) is 4.39 Å². The van der Waals surface area contributed by atoms with E-state index in [-0.39, 0.29) is 30.4 Å². The molecule has 4 rings (SSSR count). The molecule has 1 aromatic carbocycles. The van der Waals surface area contributed by atoms with Gasteiger partial charge >= 0.3 is 0 Å². The van der Waals surface area contributed by atoms with Gasteiger partial charge in [0.1, 0.15) is 5.82 Å². The number of nitrogens with two attached hydrogens (primary N) is 1. The lowest BCUT2D eigenvalue weighted by Crippen LogP contribution is -2.53. The molecule has 2 aliphatic rings. The number of amides is 1. The summed E-state index contributed by atoms with van der Waals surface area (Å²) < 4.78 is 13.4. The summed E-state index contributed by atoms with van der Waals surface area (Å²) in [5, 5.41) is 3.70. The van der Waals surface area contributed by atoms with Gasteiger partial charge in [-0.05, 0) is 55.7 Å². The molecule has 2 saturated carbocycles. The molecule has 2 atom stereocenters. The predicted molar refractivity (Wildman–Crippen MR) is 101 cm³/mol. The molecule has 0 spiro atoms. The van der Waals surface area contributed by atoms with Crippen molar-refractivity contribution in [2.75, 3.05) is 0 Å². The molecule has 1 aromatic heterocycles. The van der Waals surface area contributed by atoms with Crippen LogP contribution in [0.15, 0.2) is 29.1 Å². The fourth-order valence-corrected chi connectivity index (χ4v) is 4.67. The molecular weight excluding hydrogens is 357 g/mol. The molecule has 2 aliphatic carbocycles. The van der Waals surface area contributed by atoms with E-state index in [4.69, 9.17) is 5.73 Å². The molecule has 26 heavy (non-hydrogen) atoms. The molecule has 2 unspecified atom stereocenters. The summed E-state index contributed by atoms with van der Waals surface area (Å²) in [5.41, 5.74) is 6.37. The van der Waals surface area contributed by atoms with Crippen LogP contribution in [-0.4, -0.2) is 23.0 Å². The number of halogens is 2. The van der Waals surface area contributed by atoms with E-state index in [0.29, 0.717) is 28.3 Å². The van der Waals surface area contributed by atoms with Crippen molar-refractivity contribution in [1.82, 2.24) is 10.3 Å². The van der Waals surface area contributed by atoms with Gasteiger partial charge in [-0.3, -0.25) is 9.59 Å². The molecule has 4 N–H and O–H groups in total. The van der Waals surface area contributed by atoms with Crippen molar-refractivity contribution in [3.8, 4) is 0 Å². The lowest BCUT2D eigenvalue weighted by Gasteiger charge is -2.45. The Balaban J connectivity index is 0.00000196. The minimum Gasteiger partial charge on any atom is -0.349 e. The van der Waals surface area contributed by atoms with Crippen LogP contribution in [0.5, 0.6) is 0 Å². The van der Waals surface area contributed by atoms with Gasteiger partial charge in [-0.15, -0.1) is 12.4 Å². The summed E-state index contributed by atoms with van der Waals surface area (Å²) in [5.74, 6) is 0.0888. The molecule has 140 valence electrons. The number of aromatic amines is 1. The highest BCUT2D eigenvalue weighted by atomic mass is 35.5. The van der Waals surface area contributed by atoms with E-state index in [1.54, 1.807) is 0 Å². The Morgan fingerprint density at radius 2 is 1.88 bits per heavy atom. The van der Waals surface area contributed by atoms with E-state index in [1.165, 1.54) is 30.7 Å². The van der Waals surface area contributed by atoms with Crippen LogP contribution in [0.1, 0.15) is 42.5 Å². The second kappa shape index (κ2) is 7.37. The standard InChI is InChI=1S/C19H22FN3O2.ClH/c20-12-4-5-14-15(9-17(24)22-16(14)8-12)19(25)23-18-10-2-1-3-11(18)7-13(21)6-10;/h4-5,8-11,13,18H,1-3,6-7,21H2,(H,22,24)(H,23,25);1H. The maximum absolute atomic E-state index is 13.4. The normalized spacial score (nSPS) is 27.6. The molecule has 7 heteroatoms. The Hall–Kier alpha value is -1.92. The molecule has 5 nitrogen and oxygen atoms in total. The van der Waals surface area contributed by atoms with Crippen LogP contribution >= 0.6 is 12.4 Å². The first kappa shape index (κ1) is 18.9. The highest BCUT2D eigenvalue weighted by Crippen LogP contribution is 2.39. The van der Waals surface area contributed by atoms with Crippen molar-refractivity contribution >= 4 is 29.2 Å². The second-order valence-electron chi connectivity index (χ2n) is 7.42. The smallest absolute Gasteiger partial charge is 0.252 e. The van der Waals surface area contributed by atoms with Crippen LogP contribution in [0.25, 0.3) is 10.9 Å². The summed E-state index contributed by atoms with van der Waals surface area (Å²) in [4.78, 5) is 27.3. The third-order valence-corrected chi connectivity index (χ3v) is 5.72. The van der Waals surface area contributed by atoms with Crippen molar-refractivity contribution < 1.29 is 9.18 Å². The Kier molecular flexibility index (Phi) is 5.34. The minimum absolute atomic E-state index is 0. The van der Waals surface area contributed by atoms with E-state index in [2.05, 4.69) is 10.3 Å². The number of carbonyl (C=O) groups excluding carboxylic acids is 1. The zero-order valence-electron chi connectivity index (χ0n) is 14.3. The van der Waals surface area contributed by atoms with Gasteiger partial charge in [0.15, 0.2) is 0 Å². The Morgan fingerprint density at radius 1 is 1.19 bits per heavy atom. The number of hydrogen-bond acceptors (Lipinski definition) is 3. The van der Waals surface area contributed by atoms with Gasteiger partial charge in [0.2, 0.25) is 5.56 Å². The zero-order chi connectivity index (χ0) is 17.6. The molecular formula is C19H23ClFN3O2. The van der Waals surface area contributed by atoms with Gasteiger partial charge in [-0.2, -0.15) is 0 Å². The average Bonchev–Trinajstić information content (AvgIpc) is 2.54. The molecule has 1 amide bonds. The predicted octanol–water partition coefficient (Wildman–Crippen LogP) is 2.72. The minimum atomic E-state index is -0.448. The topological polar surface area (TPSA) is 88.0 Å². The van der Waals surface area contributed by atoms with Crippen LogP contribution < -0.4 is 16.6 Å². The summed E-state index contributed by atoms with van der Waals surface area (Å²) in [6.45, 7) is 0. The lowest BCUT2D eigenvalue weighted by atomic mass is 9.67. The SMILES string of the molecule is Cl.NC1CC2CCCC(C1)C2NC(=O)c1cc(=O)[nH]c2cc(F)ccc12. The summed E-state index contributed by atoms with van der Waals surface area (Å²) in [6, 6.07) is 5.68. The van der Waals surface area contributed by atoms with Crippen LogP contribution in [0.3, 0.4) is 0 Å². The molecule has 1 heterocycles. The number of aromatic nitrogens is 1. The third kappa shape index (κ3) is 3.48. The molecule has 0 aliphatic heterocycles. The van der Waals surface area contributed by atoms with Gasteiger partial charge in [0.25, 0.3) is 5.91 Å². The van der Waals surface area contributed by atoms with Crippen molar-refractivity contribution in [1.29, 1.82) is 0 Å². The van der Waals surface area contributed by atoms with E-state index >= 15 is 0 Å². The Morgan fingerprint density at radius 3 is 2.58 bits per heavy atom. The first-order valence-electron chi connectivity index (χ1n) is 8.90. The van der Waals surface area contributed by atoms with E-state index in [0.717, 1.165) is 25.7 Å². The number of carbonyl (C=O) groups is 1. The van der Waals surface area contributed by atoms with E-state index < -0.39 is 11.4 Å². The maximum Gasteiger partial charge on any atom is 0.252 e. The van der Waals surface area contributed by atoms with Crippen molar-refractivity contribution in [2.24, 2.45) is 17.6 Å². The number of pyridine rings is 1. The number of H-pyrrole nitrogens is 1. The average molecular weight is 380 g/mol. The van der Waals surface area contributed by atoms with Gasteiger partial charge in [0, 0.05) is 23.5 Å². The number of nitrogens with one attached hydrogen (secondary N) is 2. The van der Waals surface area contributed by atoms with Crippen molar-refractivity contribution in [2.45, 2.75) is 44.2 Å². The van der Waals surface area contributed by atoms with Gasteiger partial charge < -0.3 is 16.0 Å². The quantitative estimate of drug-likeness (QED) is 0.749. The highest BCUT2D eigenvalue weighted by molar-refractivity contribution is 6.06. The summed E-state index contributed by atoms with van der Waals surface area (Å²) >= 11 is 0. The second-order valence-corrected chi connectivity index (χ2v) is 7.42. The number of fused-ring (bicyclic) bond motifs is 3. The first-order chi connectivity index (χ1) is 12.0. The van der Waals surface area contributed by atoms with Crippen LogP contribution in [0.2, 0.25) is 0 Å². The van der Waals surface area contributed by atoms with Crippen LogP contribution in [-0.2, 0) is 0 Å². The number of hydrogen-bond donors (Lipinski definition) is 3. The lowest BCUT2D eigenvalue weighted by molar-refractivity contribution is 0.0757. The Labute approximate surface area is 157 Å². The fourth-order valence-electron chi connectivity index (χ4n) is 4.67. The van der Waals surface area contributed by atoms with Crippen molar-refractivity contribution in [3.05, 3.63) is 46.0 Å². The molecule has 2 bridgehead atoms.